The Morgan fingerprint density at radius 1 is 0.870 bits per heavy atom. The smallest absolute Gasteiger partial charge is 0.0888 e. The minimum Gasteiger partial charge on any atom is -0.246 e. The van der Waals surface area contributed by atoms with E-state index in [0.29, 0.717) is 0 Å². The summed E-state index contributed by atoms with van der Waals surface area (Å²) < 4.78 is 1.31. The number of benzene rings is 2. The molecule has 2 aromatic heterocycles. The number of hydrogen-bond acceptors (Lipinski definition) is 2. The second kappa shape index (κ2) is 5.17. The van der Waals surface area contributed by atoms with E-state index in [2.05, 4.69) is 70.2 Å². The lowest BCUT2D eigenvalue weighted by atomic mass is 10.0. The van der Waals surface area contributed by atoms with E-state index >= 15 is 0 Å². The highest BCUT2D eigenvalue weighted by atomic mass is 32.1. The van der Waals surface area contributed by atoms with Gasteiger partial charge in [0.2, 0.25) is 0 Å². The standard InChI is InChI=1S/C21H19NS/c1-12-9-13(2)11-16(10-12)20-21-19(14(3)15(4)23-21)17-7-5-6-8-18(17)22-20/h5-11H,1-4H3. The zero-order chi connectivity index (χ0) is 16.1. The molecule has 0 atom stereocenters. The molecule has 0 aliphatic carbocycles. The molecule has 0 bridgehead atoms. The van der Waals surface area contributed by atoms with E-state index < -0.39 is 0 Å². The molecule has 1 nitrogen and oxygen atoms in total. The van der Waals surface area contributed by atoms with E-state index in [1.807, 2.05) is 11.3 Å². The maximum absolute atomic E-state index is 5.02. The fraction of sp³-hybridized carbons (Fsp3) is 0.190. The van der Waals surface area contributed by atoms with Crippen molar-refractivity contribution < 1.29 is 0 Å². The van der Waals surface area contributed by atoms with Crippen LogP contribution in [0, 0.1) is 27.7 Å². The van der Waals surface area contributed by atoms with Gasteiger partial charge in [-0.3, -0.25) is 0 Å². The summed E-state index contributed by atoms with van der Waals surface area (Å²) in [6, 6.07) is 15.2. The van der Waals surface area contributed by atoms with Gasteiger partial charge >= 0.3 is 0 Å². The van der Waals surface area contributed by atoms with Crippen LogP contribution in [-0.2, 0) is 0 Å². The van der Waals surface area contributed by atoms with Gasteiger partial charge in [-0.15, -0.1) is 11.3 Å². The van der Waals surface area contributed by atoms with Crippen molar-refractivity contribution in [3.05, 3.63) is 64.0 Å². The van der Waals surface area contributed by atoms with Crippen LogP contribution in [0.4, 0.5) is 0 Å². The van der Waals surface area contributed by atoms with Crippen molar-refractivity contribution in [3.8, 4) is 11.3 Å². The summed E-state index contributed by atoms with van der Waals surface area (Å²) in [6.07, 6.45) is 0. The lowest BCUT2D eigenvalue weighted by Gasteiger charge is -2.09. The number of hydrogen-bond donors (Lipinski definition) is 0. The molecule has 0 unspecified atom stereocenters. The summed E-state index contributed by atoms with van der Waals surface area (Å²) in [5.41, 5.74) is 7.37. The van der Waals surface area contributed by atoms with Crippen molar-refractivity contribution in [1.29, 1.82) is 0 Å². The number of fused-ring (bicyclic) bond motifs is 3. The summed E-state index contributed by atoms with van der Waals surface area (Å²) in [5, 5.41) is 2.63. The topological polar surface area (TPSA) is 12.9 Å². The first-order chi connectivity index (χ1) is 11.0. The molecule has 0 amide bonds. The third kappa shape index (κ3) is 2.25. The zero-order valence-electron chi connectivity index (χ0n) is 13.9. The van der Waals surface area contributed by atoms with E-state index in [9.17, 15) is 0 Å². The van der Waals surface area contributed by atoms with Crippen LogP contribution in [0.15, 0.2) is 42.5 Å². The van der Waals surface area contributed by atoms with Crippen LogP contribution >= 0.6 is 11.3 Å². The molecular weight excluding hydrogens is 298 g/mol. The van der Waals surface area contributed by atoms with Gasteiger partial charge < -0.3 is 0 Å². The van der Waals surface area contributed by atoms with Gasteiger partial charge in [0.05, 0.1) is 15.9 Å². The predicted molar refractivity (Wildman–Crippen MR) is 102 cm³/mol. The summed E-state index contributed by atoms with van der Waals surface area (Å²) in [6.45, 7) is 8.74. The molecule has 0 aliphatic rings. The Bertz CT molecular complexity index is 1040. The number of aryl methyl sites for hydroxylation is 4. The highest BCUT2D eigenvalue weighted by Crippen LogP contribution is 2.40. The van der Waals surface area contributed by atoms with Crippen LogP contribution in [-0.4, -0.2) is 4.98 Å². The van der Waals surface area contributed by atoms with Crippen LogP contribution in [0.25, 0.3) is 32.2 Å². The van der Waals surface area contributed by atoms with Crippen LogP contribution in [0.1, 0.15) is 21.6 Å². The highest BCUT2D eigenvalue weighted by Gasteiger charge is 2.16. The maximum Gasteiger partial charge on any atom is 0.0888 e. The predicted octanol–water partition coefficient (Wildman–Crippen LogP) is 6.35. The SMILES string of the molecule is Cc1cc(C)cc(-c2nc3ccccc3c3c(C)c(C)sc23)c1. The van der Waals surface area contributed by atoms with Crippen molar-refractivity contribution in [3.63, 3.8) is 0 Å². The molecule has 0 aliphatic heterocycles. The number of rotatable bonds is 1. The van der Waals surface area contributed by atoms with E-state index in [-0.39, 0.29) is 0 Å². The van der Waals surface area contributed by atoms with Gasteiger partial charge in [-0.1, -0.05) is 35.4 Å². The van der Waals surface area contributed by atoms with Gasteiger partial charge in [0.15, 0.2) is 0 Å². The molecule has 2 aromatic carbocycles. The normalized spacial score (nSPS) is 11.5. The minimum absolute atomic E-state index is 1.08. The van der Waals surface area contributed by atoms with Gasteiger partial charge in [0.25, 0.3) is 0 Å². The van der Waals surface area contributed by atoms with Crippen molar-refractivity contribution in [2.24, 2.45) is 0 Å². The number of pyridine rings is 1. The molecule has 4 aromatic rings. The Kier molecular flexibility index (Phi) is 3.24. The summed E-state index contributed by atoms with van der Waals surface area (Å²) in [4.78, 5) is 6.40. The molecule has 114 valence electrons. The molecule has 0 fully saturated rings. The van der Waals surface area contributed by atoms with Gasteiger partial charge in [-0.05, 0) is 51.5 Å². The summed E-state index contributed by atoms with van der Waals surface area (Å²) >= 11 is 1.86. The molecule has 4 rings (SSSR count). The van der Waals surface area contributed by atoms with Crippen molar-refractivity contribution >= 4 is 32.3 Å². The molecule has 0 saturated heterocycles. The van der Waals surface area contributed by atoms with Crippen molar-refractivity contribution in [1.82, 2.24) is 4.98 Å². The Balaban J connectivity index is 2.19. The second-order valence-electron chi connectivity index (χ2n) is 6.34. The molecule has 2 heterocycles. The Labute approximate surface area is 140 Å². The van der Waals surface area contributed by atoms with Gasteiger partial charge in [0, 0.05) is 21.2 Å². The van der Waals surface area contributed by atoms with Crippen molar-refractivity contribution in [2.45, 2.75) is 27.7 Å². The van der Waals surface area contributed by atoms with Crippen LogP contribution in [0.3, 0.4) is 0 Å². The average molecular weight is 317 g/mol. The first kappa shape index (κ1) is 14.4. The summed E-state index contributed by atoms with van der Waals surface area (Å²) in [5.74, 6) is 0. The first-order valence-electron chi connectivity index (χ1n) is 7.91. The highest BCUT2D eigenvalue weighted by molar-refractivity contribution is 7.20. The number of thiophene rings is 1. The van der Waals surface area contributed by atoms with Gasteiger partial charge in [-0.25, -0.2) is 4.98 Å². The monoisotopic (exact) mass is 317 g/mol. The van der Waals surface area contributed by atoms with Crippen LogP contribution in [0.5, 0.6) is 0 Å². The van der Waals surface area contributed by atoms with Crippen molar-refractivity contribution in [2.75, 3.05) is 0 Å². The first-order valence-corrected chi connectivity index (χ1v) is 8.73. The molecule has 0 N–H and O–H groups in total. The fourth-order valence-electron chi connectivity index (χ4n) is 3.38. The van der Waals surface area contributed by atoms with E-state index in [1.165, 1.54) is 42.6 Å². The number of para-hydroxylation sites is 1. The van der Waals surface area contributed by atoms with E-state index in [1.54, 1.807) is 0 Å². The van der Waals surface area contributed by atoms with E-state index in [0.717, 1.165) is 11.2 Å². The molecule has 2 heteroatoms. The van der Waals surface area contributed by atoms with Crippen LogP contribution < -0.4 is 0 Å². The maximum atomic E-state index is 5.02. The summed E-state index contributed by atoms with van der Waals surface area (Å²) in [7, 11) is 0. The number of aromatic nitrogens is 1. The molecule has 0 spiro atoms. The minimum atomic E-state index is 1.08. The molecule has 0 saturated carbocycles. The van der Waals surface area contributed by atoms with Crippen LogP contribution in [0.2, 0.25) is 0 Å². The quantitative estimate of drug-likeness (QED) is 0.398. The Morgan fingerprint density at radius 2 is 1.57 bits per heavy atom. The third-order valence-electron chi connectivity index (χ3n) is 4.50. The average Bonchev–Trinajstić information content (AvgIpc) is 2.81. The zero-order valence-corrected chi connectivity index (χ0v) is 14.7. The number of nitrogens with zero attached hydrogens (tertiary/aromatic N) is 1. The lowest BCUT2D eigenvalue weighted by Crippen LogP contribution is -1.89. The fourth-order valence-corrected chi connectivity index (χ4v) is 4.57. The van der Waals surface area contributed by atoms with Gasteiger partial charge in [0.1, 0.15) is 0 Å². The largest absolute Gasteiger partial charge is 0.246 e. The Hall–Kier alpha value is -2.19. The molecular formula is C21H19NS. The van der Waals surface area contributed by atoms with E-state index in [4.69, 9.17) is 4.98 Å². The molecule has 23 heavy (non-hydrogen) atoms. The third-order valence-corrected chi connectivity index (χ3v) is 5.72. The Morgan fingerprint density at radius 3 is 2.30 bits per heavy atom. The lowest BCUT2D eigenvalue weighted by molar-refractivity contribution is 1.36. The second-order valence-corrected chi connectivity index (χ2v) is 7.57. The van der Waals surface area contributed by atoms with Gasteiger partial charge in [-0.2, -0.15) is 0 Å². The molecule has 0 radical (unpaired) electrons.